The van der Waals surface area contributed by atoms with Gasteiger partial charge >= 0.3 is 0 Å². The number of nitrogens with one attached hydrogen (secondary N) is 1. The van der Waals surface area contributed by atoms with E-state index in [9.17, 15) is 25.9 Å². The van der Waals surface area contributed by atoms with Crippen LogP contribution < -0.4 is 5.32 Å². The van der Waals surface area contributed by atoms with Gasteiger partial charge in [-0.15, -0.1) is 20.5 Å². The molecule has 0 unspecified atom stereocenters. The molecular formula is C37H27N5O6S2. The summed E-state index contributed by atoms with van der Waals surface area (Å²) in [6.45, 7) is 1.97. The largest absolute Gasteiger partial charge is 0.355 e. The van der Waals surface area contributed by atoms with E-state index < -0.39 is 20.2 Å². The predicted molar refractivity (Wildman–Crippen MR) is 194 cm³/mol. The van der Waals surface area contributed by atoms with Crippen LogP contribution in [0.5, 0.6) is 0 Å². The fourth-order valence-electron chi connectivity index (χ4n) is 5.71. The van der Waals surface area contributed by atoms with Crippen LogP contribution in [-0.4, -0.2) is 25.9 Å². The molecule has 50 heavy (non-hydrogen) atoms. The Kier molecular flexibility index (Phi) is 8.41. The SMILES string of the molecule is Cc1ccc(Nc2ccc(N=Nc3ccc(N=Nc4cccc5cc(S(=O)(=O)O)ccc45)c4ccccc34)c3cccc(S(=O)(=O)O)c23)cc1. The van der Waals surface area contributed by atoms with E-state index in [-0.39, 0.29) is 15.2 Å². The molecule has 11 nitrogen and oxygen atoms in total. The van der Waals surface area contributed by atoms with E-state index in [1.807, 2.05) is 55.5 Å². The molecule has 0 aliphatic rings. The van der Waals surface area contributed by atoms with Gasteiger partial charge in [0, 0.05) is 38.3 Å². The molecule has 0 atom stereocenters. The second-order valence-electron chi connectivity index (χ2n) is 11.5. The van der Waals surface area contributed by atoms with Gasteiger partial charge in [-0.25, -0.2) is 0 Å². The Labute approximate surface area is 287 Å². The van der Waals surface area contributed by atoms with Crippen LogP contribution in [-0.2, 0) is 20.2 Å². The van der Waals surface area contributed by atoms with E-state index in [0.29, 0.717) is 44.6 Å². The number of hydrogen-bond acceptors (Lipinski definition) is 9. The maximum atomic E-state index is 12.4. The monoisotopic (exact) mass is 701 g/mol. The van der Waals surface area contributed by atoms with E-state index in [2.05, 4.69) is 25.8 Å². The smallest absolute Gasteiger partial charge is 0.295 e. The Morgan fingerprint density at radius 2 is 1.08 bits per heavy atom. The van der Waals surface area contributed by atoms with Gasteiger partial charge in [-0.2, -0.15) is 16.8 Å². The minimum absolute atomic E-state index is 0.212. The molecule has 0 aromatic heterocycles. The highest BCUT2D eigenvalue weighted by atomic mass is 32.2. The van der Waals surface area contributed by atoms with Crippen LogP contribution in [0.25, 0.3) is 32.3 Å². The van der Waals surface area contributed by atoms with Crippen molar-refractivity contribution in [2.75, 3.05) is 5.32 Å². The van der Waals surface area contributed by atoms with Crippen LogP contribution >= 0.6 is 0 Å². The number of fused-ring (bicyclic) bond motifs is 3. The Morgan fingerprint density at radius 3 is 1.70 bits per heavy atom. The summed E-state index contributed by atoms with van der Waals surface area (Å²) in [6.07, 6.45) is 0. The van der Waals surface area contributed by atoms with Gasteiger partial charge in [0.15, 0.2) is 0 Å². The third kappa shape index (κ3) is 6.58. The Hall–Kier alpha value is -5.86. The second kappa shape index (κ2) is 12.9. The number of hydrogen-bond donors (Lipinski definition) is 3. The lowest BCUT2D eigenvalue weighted by atomic mass is 10.1. The first kappa shape index (κ1) is 32.7. The highest BCUT2D eigenvalue weighted by Gasteiger charge is 2.19. The number of aryl methyl sites for hydroxylation is 1. The number of azo groups is 2. The zero-order valence-corrected chi connectivity index (χ0v) is 27.9. The van der Waals surface area contributed by atoms with Gasteiger partial charge in [-0.3, -0.25) is 9.11 Å². The molecule has 7 rings (SSSR count). The van der Waals surface area contributed by atoms with Gasteiger partial charge in [0.1, 0.15) is 4.90 Å². The van der Waals surface area contributed by atoms with Crippen molar-refractivity contribution >= 4 is 86.7 Å². The van der Waals surface area contributed by atoms with Crippen LogP contribution in [0.1, 0.15) is 5.56 Å². The molecule has 0 spiro atoms. The number of nitrogens with zero attached hydrogens (tertiary/aromatic N) is 4. The molecular weight excluding hydrogens is 675 g/mol. The third-order valence-corrected chi connectivity index (χ3v) is 9.87. The fourth-order valence-corrected chi connectivity index (χ4v) is 6.95. The van der Waals surface area contributed by atoms with Gasteiger partial charge in [0.2, 0.25) is 0 Å². The molecule has 0 aliphatic heterocycles. The van der Waals surface area contributed by atoms with Crippen LogP contribution in [0.15, 0.2) is 158 Å². The van der Waals surface area contributed by atoms with Crippen molar-refractivity contribution in [2.24, 2.45) is 20.5 Å². The molecule has 7 aromatic rings. The lowest BCUT2D eigenvalue weighted by molar-refractivity contribution is 0.481. The first-order valence-corrected chi connectivity index (χ1v) is 18.1. The average Bonchev–Trinajstić information content (AvgIpc) is 3.10. The number of benzene rings is 7. The Morgan fingerprint density at radius 1 is 0.520 bits per heavy atom. The third-order valence-electron chi connectivity index (χ3n) is 8.12. The zero-order chi connectivity index (χ0) is 35.0. The van der Waals surface area contributed by atoms with Crippen molar-refractivity contribution in [3.63, 3.8) is 0 Å². The first-order valence-electron chi connectivity index (χ1n) is 15.2. The maximum Gasteiger partial charge on any atom is 0.295 e. The highest BCUT2D eigenvalue weighted by Crippen LogP contribution is 2.40. The normalized spacial score (nSPS) is 12.5. The molecule has 0 aliphatic carbocycles. The average molecular weight is 702 g/mol. The van der Waals surface area contributed by atoms with Crippen molar-refractivity contribution in [2.45, 2.75) is 16.7 Å². The van der Waals surface area contributed by atoms with Crippen molar-refractivity contribution in [3.8, 4) is 0 Å². The lowest BCUT2D eigenvalue weighted by Crippen LogP contribution is -2.01. The van der Waals surface area contributed by atoms with Gasteiger partial charge in [-0.1, -0.05) is 72.3 Å². The van der Waals surface area contributed by atoms with E-state index in [4.69, 9.17) is 0 Å². The molecule has 0 saturated carbocycles. The summed E-state index contributed by atoms with van der Waals surface area (Å²) >= 11 is 0. The quantitative estimate of drug-likeness (QED) is 0.104. The standard InChI is InChI=1S/C37H27N5O6S2/c1-23-12-14-25(15-13-23)38-35-21-20-34(30-9-5-11-36(37(30)35)50(46,47)48)42-41-33-19-18-32(28-7-2-3-8-29(28)33)40-39-31-10-4-6-24-22-26(49(43,44)45)16-17-27(24)31/h2-22,38H,1H3,(H,43,44,45)(H,46,47,48). The van der Waals surface area contributed by atoms with Crippen LogP contribution in [0.3, 0.4) is 0 Å². The summed E-state index contributed by atoms with van der Waals surface area (Å²) in [5, 5.41) is 24.8. The summed E-state index contributed by atoms with van der Waals surface area (Å²) in [5.74, 6) is 0. The molecule has 0 bridgehead atoms. The number of anilines is 2. The van der Waals surface area contributed by atoms with E-state index in [1.165, 1.54) is 18.2 Å². The molecule has 0 heterocycles. The molecule has 0 saturated heterocycles. The van der Waals surface area contributed by atoms with Crippen LogP contribution in [0.4, 0.5) is 34.1 Å². The highest BCUT2D eigenvalue weighted by molar-refractivity contribution is 7.86. The molecule has 0 radical (unpaired) electrons. The summed E-state index contributed by atoms with van der Waals surface area (Å²) in [4.78, 5) is -0.469. The zero-order valence-electron chi connectivity index (χ0n) is 26.3. The van der Waals surface area contributed by atoms with E-state index in [0.717, 1.165) is 22.0 Å². The van der Waals surface area contributed by atoms with Gasteiger partial charge in [0.05, 0.1) is 27.6 Å². The lowest BCUT2D eigenvalue weighted by Gasteiger charge is -2.14. The summed E-state index contributed by atoms with van der Waals surface area (Å²) in [5.41, 5.74) is 4.27. The molecule has 0 amide bonds. The van der Waals surface area contributed by atoms with Crippen molar-refractivity contribution in [1.82, 2.24) is 0 Å². The van der Waals surface area contributed by atoms with Crippen molar-refractivity contribution in [3.05, 3.63) is 133 Å². The minimum atomic E-state index is -4.58. The van der Waals surface area contributed by atoms with E-state index in [1.54, 1.807) is 60.7 Å². The molecule has 0 fully saturated rings. The Balaban J connectivity index is 1.26. The van der Waals surface area contributed by atoms with Gasteiger partial charge < -0.3 is 5.32 Å². The fraction of sp³-hybridized carbons (Fsp3) is 0.0270. The summed E-state index contributed by atoms with van der Waals surface area (Å²) in [7, 11) is -8.94. The molecule has 3 N–H and O–H groups in total. The molecule has 7 aromatic carbocycles. The van der Waals surface area contributed by atoms with Gasteiger partial charge in [-0.05, 0) is 73.0 Å². The second-order valence-corrected chi connectivity index (χ2v) is 14.3. The molecule has 248 valence electrons. The Bertz CT molecular complexity index is 2750. The summed E-state index contributed by atoms with van der Waals surface area (Å²) < 4.78 is 67.7. The van der Waals surface area contributed by atoms with Crippen LogP contribution in [0, 0.1) is 6.92 Å². The van der Waals surface area contributed by atoms with Crippen molar-refractivity contribution < 1.29 is 25.9 Å². The van der Waals surface area contributed by atoms with E-state index >= 15 is 0 Å². The van der Waals surface area contributed by atoms with Crippen molar-refractivity contribution in [1.29, 1.82) is 0 Å². The minimum Gasteiger partial charge on any atom is -0.355 e. The topological polar surface area (TPSA) is 170 Å². The number of rotatable bonds is 8. The van der Waals surface area contributed by atoms with Crippen LogP contribution in [0.2, 0.25) is 0 Å². The predicted octanol–water partition coefficient (Wildman–Crippen LogP) is 10.5. The maximum absolute atomic E-state index is 12.4. The molecule has 13 heteroatoms. The first-order chi connectivity index (χ1) is 24.0. The van der Waals surface area contributed by atoms with Gasteiger partial charge in [0.25, 0.3) is 20.2 Å². The summed E-state index contributed by atoms with van der Waals surface area (Å²) in [6, 6.07) is 36.1.